The van der Waals surface area contributed by atoms with Gasteiger partial charge in [0.15, 0.2) is 16.6 Å². The van der Waals surface area contributed by atoms with E-state index in [-0.39, 0.29) is 29.0 Å². The quantitative estimate of drug-likeness (QED) is 0.112. The van der Waals surface area contributed by atoms with Crippen LogP contribution in [0.4, 0.5) is 0 Å². The van der Waals surface area contributed by atoms with E-state index in [1.54, 1.807) is 0 Å². The minimum atomic E-state index is -2.42. The Labute approximate surface area is 295 Å². The molecular weight excluding hydrogens is 645 g/mol. The van der Waals surface area contributed by atoms with E-state index in [1.807, 2.05) is 67.2 Å². The number of likely N-dealkylation sites (tertiary alicyclic amines) is 1. The van der Waals surface area contributed by atoms with E-state index in [2.05, 4.69) is 73.0 Å². The average Bonchev–Trinajstić information content (AvgIpc) is 2.77. The Morgan fingerprint density at radius 3 is 1.52 bits per heavy atom. The van der Waals surface area contributed by atoms with Crippen molar-refractivity contribution in [3.8, 4) is 0 Å². The molecule has 0 saturated carbocycles. The van der Waals surface area contributed by atoms with Gasteiger partial charge in [-0.3, -0.25) is 14.5 Å². The van der Waals surface area contributed by atoms with Crippen molar-refractivity contribution < 1.29 is 37.4 Å². The minimum absolute atomic E-state index is 0.121. The van der Waals surface area contributed by atoms with Crippen molar-refractivity contribution in [1.82, 2.24) is 10.2 Å². The Kier molecular flexibility index (Phi) is 14.8. The highest BCUT2D eigenvalue weighted by molar-refractivity contribution is 6.74. The molecule has 0 amide bonds. The van der Waals surface area contributed by atoms with Gasteiger partial charge in [-0.25, -0.2) is 4.79 Å². The number of esters is 3. The Morgan fingerprint density at radius 2 is 1.12 bits per heavy atom. The van der Waals surface area contributed by atoms with Crippen molar-refractivity contribution in [1.29, 1.82) is 0 Å². The average molecular weight is 717 g/mol. The molecule has 1 aliphatic rings. The van der Waals surface area contributed by atoms with Crippen LogP contribution in [0.3, 0.4) is 0 Å². The molecule has 282 valence electrons. The number of nitrogens with one attached hydrogen (secondary N) is 1. The molecule has 1 fully saturated rings. The molecule has 1 heterocycles. The molecule has 0 aromatic carbocycles. The van der Waals surface area contributed by atoms with Crippen molar-refractivity contribution in [3.63, 3.8) is 0 Å². The molecular formula is C36H72N2O8Si2. The van der Waals surface area contributed by atoms with Crippen molar-refractivity contribution in [2.24, 2.45) is 0 Å². The second kappa shape index (κ2) is 15.9. The van der Waals surface area contributed by atoms with Gasteiger partial charge in [-0.15, -0.1) is 0 Å². The molecule has 1 N–H and O–H groups in total. The van der Waals surface area contributed by atoms with E-state index in [1.165, 1.54) is 0 Å². The first-order valence-corrected chi connectivity index (χ1v) is 23.5. The fourth-order valence-electron chi connectivity index (χ4n) is 4.52. The summed E-state index contributed by atoms with van der Waals surface area (Å²) >= 11 is 0. The van der Waals surface area contributed by atoms with Gasteiger partial charge in [-0.1, -0.05) is 41.5 Å². The van der Waals surface area contributed by atoms with Crippen LogP contribution in [0.25, 0.3) is 0 Å². The van der Waals surface area contributed by atoms with Crippen LogP contribution in [0.5, 0.6) is 0 Å². The van der Waals surface area contributed by atoms with Crippen molar-refractivity contribution in [3.05, 3.63) is 0 Å². The van der Waals surface area contributed by atoms with Crippen LogP contribution in [0.1, 0.15) is 117 Å². The molecule has 1 saturated heterocycles. The Bertz CT molecular complexity index is 1090. The lowest BCUT2D eigenvalue weighted by atomic mass is 10.00. The number of hydrogen-bond donors (Lipinski definition) is 1. The molecule has 1 aliphatic heterocycles. The molecule has 0 aromatic rings. The van der Waals surface area contributed by atoms with Gasteiger partial charge in [0.05, 0.1) is 6.10 Å². The summed E-state index contributed by atoms with van der Waals surface area (Å²) < 4.78 is 31.1. The number of rotatable bonds is 14. The van der Waals surface area contributed by atoms with Gasteiger partial charge >= 0.3 is 17.9 Å². The summed E-state index contributed by atoms with van der Waals surface area (Å²) in [6, 6.07) is -1.28. The molecule has 0 aliphatic carbocycles. The SMILES string of the molecule is CC(C)(C)OC(=O)[C@H](CCN[C@H](C(=O)OC(C)(C)C)[C@H](CN1CC[C@H]1C(=O)OC(C)(C)C)O[Si](C)(C)C(C)(C)C)O[Si](C)(C)C(C)(C)C. The van der Waals surface area contributed by atoms with Crippen LogP contribution in [0.2, 0.25) is 36.3 Å². The van der Waals surface area contributed by atoms with Gasteiger partial charge in [0.2, 0.25) is 0 Å². The summed E-state index contributed by atoms with van der Waals surface area (Å²) in [6.45, 7) is 39.3. The predicted octanol–water partition coefficient (Wildman–Crippen LogP) is 7.21. The zero-order chi connectivity index (χ0) is 37.9. The first-order valence-electron chi connectivity index (χ1n) is 17.7. The molecule has 0 aromatic heterocycles. The molecule has 0 radical (unpaired) electrons. The molecule has 10 nitrogen and oxygen atoms in total. The highest BCUT2D eigenvalue weighted by atomic mass is 28.4. The van der Waals surface area contributed by atoms with Crippen molar-refractivity contribution >= 4 is 34.5 Å². The maximum Gasteiger partial charge on any atom is 0.334 e. The smallest absolute Gasteiger partial charge is 0.334 e. The van der Waals surface area contributed by atoms with E-state index >= 15 is 0 Å². The summed E-state index contributed by atoms with van der Waals surface area (Å²) in [7, 11) is -4.78. The van der Waals surface area contributed by atoms with E-state index < -0.39 is 69.7 Å². The zero-order valence-electron chi connectivity index (χ0n) is 34.1. The van der Waals surface area contributed by atoms with E-state index in [9.17, 15) is 14.4 Å². The van der Waals surface area contributed by atoms with Crippen LogP contribution in [0, 0.1) is 0 Å². The molecule has 12 heteroatoms. The number of carbonyl (C=O) groups excluding carboxylic acids is 3. The Hall–Kier alpha value is -1.32. The van der Waals surface area contributed by atoms with Crippen molar-refractivity contribution in [2.45, 2.75) is 194 Å². The summed E-state index contributed by atoms with van der Waals surface area (Å²) in [5, 5.41) is 3.17. The number of nitrogens with zero attached hydrogens (tertiary/aromatic N) is 1. The lowest BCUT2D eigenvalue weighted by molar-refractivity contribution is -0.168. The molecule has 1 rings (SSSR count). The topological polar surface area (TPSA) is 113 Å². The molecule has 4 atom stereocenters. The third kappa shape index (κ3) is 14.5. The fraction of sp³-hybridized carbons (Fsp3) is 0.917. The molecule has 0 spiro atoms. The number of hydrogen-bond acceptors (Lipinski definition) is 10. The predicted molar refractivity (Wildman–Crippen MR) is 198 cm³/mol. The third-order valence-electron chi connectivity index (χ3n) is 9.19. The molecule has 48 heavy (non-hydrogen) atoms. The monoisotopic (exact) mass is 716 g/mol. The summed E-state index contributed by atoms with van der Waals surface area (Å²) in [5.74, 6) is -1.14. The van der Waals surface area contributed by atoms with Crippen LogP contribution in [-0.4, -0.2) is 100 Å². The minimum Gasteiger partial charge on any atom is -0.459 e. The second-order valence-electron chi connectivity index (χ2n) is 19.4. The molecule has 0 bridgehead atoms. The van der Waals surface area contributed by atoms with Gasteiger partial charge in [0.25, 0.3) is 0 Å². The maximum atomic E-state index is 14.0. The summed E-state index contributed by atoms with van der Waals surface area (Å²) in [4.78, 5) is 42.6. The Balaban J connectivity index is 3.50. The standard InChI is InChI=1S/C36H72N2O8Si2/c1-32(2,3)42-29(39)25-21-23-38(25)24-27(46-48(18,19)36(13,14)15)28(31(41)44-34(7,8)9)37-22-20-26(30(40)43-33(4,5)6)45-47(16,17)35(10,11)12/h25-28,37H,20-24H2,1-19H3/t25-,26-,27-,28-/m0/s1. The fourth-order valence-corrected chi connectivity index (χ4v) is 7.12. The number of carbonyl (C=O) groups is 3. The van der Waals surface area contributed by atoms with Gasteiger partial charge < -0.3 is 28.4 Å². The normalized spacial score (nSPS) is 19.2. The lowest BCUT2D eigenvalue weighted by Gasteiger charge is -2.46. The van der Waals surface area contributed by atoms with E-state index in [4.69, 9.17) is 23.1 Å². The van der Waals surface area contributed by atoms with Crippen molar-refractivity contribution in [2.75, 3.05) is 19.6 Å². The largest absolute Gasteiger partial charge is 0.459 e. The molecule has 0 unspecified atom stereocenters. The maximum absolute atomic E-state index is 14.0. The zero-order valence-corrected chi connectivity index (χ0v) is 36.1. The van der Waals surface area contributed by atoms with Crippen LogP contribution in [-0.2, 0) is 37.4 Å². The summed E-state index contributed by atoms with van der Waals surface area (Å²) in [5.41, 5.74) is -2.02. The summed E-state index contributed by atoms with van der Waals surface area (Å²) in [6.07, 6.45) is -0.484. The van der Waals surface area contributed by atoms with E-state index in [0.29, 0.717) is 19.5 Å². The van der Waals surface area contributed by atoms with Gasteiger partial charge in [-0.2, -0.15) is 0 Å². The lowest BCUT2D eigenvalue weighted by Crippen LogP contribution is -2.62. The third-order valence-corrected chi connectivity index (χ3v) is 18.2. The van der Waals surface area contributed by atoms with Crippen LogP contribution < -0.4 is 5.32 Å². The van der Waals surface area contributed by atoms with Crippen LogP contribution >= 0.6 is 0 Å². The van der Waals surface area contributed by atoms with Gasteiger partial charge in [0.1, 0.15) is 35.0 Å². The Morgan fingerprint density at radius 1 is 0.688 bits per heavy atom. The van der Waals surface area contributed by atoms with E-state index in [0.717, 1.165) is 0 Å². The van der Waals surface area contributed by atoms with Gasteiger partial charge in [0, 0.05) is 13.1 Å². The second-order valence-corrected chi connectivity index (χ2v) is 28.9. The van der Waals surface area contributed by atoms with Crippen LogP contribution in [0.15, 0.2) is 0 Å². The van der Waals surface area contributed by atoms with Gasteiger partial charge in [-0.05, 0) is 118 Å². The first kappa shape index (κ1) is 44.7. The highest BCUT2D eigenvalue weighted by Gasteiger charge is 2.47. The highest BCUT2D eigenvalue weighted by Crippen LogP contribution is 2.39. The number of ether oxygens (including phenoxy) is 3. The first-order chi connectivity index (χ1) is 21.2.